The number of para-hydroxylation sites is 1. The molecule has 1 N–H and O–H groups in total. The molecule has 2 heterocycles. The predicted octanol–water partition coefficient (Wildman–Crippen LogP) is 4.45. The summed E-state index contributed by atoms with van der Waals surface area (Å²) in [5.41, 5.74) is 3.71. The Morgan fingerprint density at radius 3 is 2.68 bits per heavy atom. The molecule has 4 aromatic rings. The van der Waals surface area contributed by atoms with Gasteiger partial charge in [0.05, 0.1) is 35.4 Å². The van der Waals surface area contributed by atoms with Crippen LogP contribution < -0.4 is 10.9 Å². The Labute approximate surface area is 163 Å². The van der Waals surface area contributed by atoms with E-state index >= 15 is 0 Å². The second-order valence-electron chi connectivity index (χ2n) is 7.10. The van der Waals surface area contributed by atoms with Crippen LogP contribution in [0.1, 0.15) is 35.7 Å². The number of rotatable bonds is 5. The van der Waals surface area contributed by atoms with Crippen molar-refractivity contribution in [3.05, 3.63) is 93.9 Å². The lowest BCUT2D eigenvalue weighted by Crippen LogP contribution is -2.30. The Kier molecular flexibility index (Phi) is 4.84. The van der Waals surface area contributed by atoms with Gasteiger partial charge in [-0.15, -0.1) is 0 Å². The maximum atomic E-state index is 13.4. The molecule has 1 atom stereocenters. The van der Waals surface area contributed by atoms with E-state index in [1.165, 1.54) is 0 Å². The van der Waals surface area contributed by atoms with Gasteiger partial charge >= 0.3 is 0 Å². The highest BCUT2D eigenvalue weighted by molar-refractivity contribution is 5.78. The van der Waals surface area contributed by atoms with Crippen molar-refractivity contribution >= 4 is 10.9 Å². The highest BCUT2D eigenvalue weighted by Crippen LogP contribution is 2.21. The van der Waals surface area contributed by atoms with E-state index in [1.807, 2.05) is 69.3 Å². The summed E-state index contributed by atoms with van der Waals surface area (Å²) in [6.07, 6.45) is 1.65. The van der Waals surface area contributed by atoms with Gasteiger partial charge in [-0.05, 0) is 56.7 Å². The largest absolute Gasteiger partial charge is 0.468 e. The average Bonchev–Trinajstić information content (AvgIpc) is 3.20. The van der Waals surface area contributed by atoms with Crippen LogP contribution in [0.15, 0.2) is 70.1 Å². The van der Waals surface area contributed by atoms with E-state index in [2.05, 4.69) is 11.4 Å². The minimum atomic E-state index is -0.150. The second kappa shape index (κ2) is 7.44. The van der Waals surface area contributed by atoms with E-state index in [1.54, 1.807) is 10.8 Å². The van der Waals surface area contributed by atoms with Crippen LogP contribution in [0.2, 0.25) is 0 Å². The number of benzene rings is 2. The molecular weight excluding hydrogens is 350 g/mol. The van der Waals surface area contributed by atoms with Crippen LogP contribution in [-0.4, -0.2) is 9.55 Å². The third-order valence-corrected chi connectivity index (χ3v) is 4.94. The topological polar surface area (TPSA) is 60.1 Å². The summed E-state index contributed by atoms with van der Waals surface area (Å²) < 4.78 is 7.14. The summed E-state index contributed by atoms with van der Waals surface area (Å²) in [4.78, 5) is 18.2. The van der Waals surface area contributed by atoms with Gasteiger partial charge in [-0.3, -0.25) is 9.36 Å². The van der Waals surface area contributed by atoms with Crippen molar-refractivity contribution < 1.29 is 4.42 Å². The Bertz CT molecular complexity index is 1180. The fourth-order valence-corrected chi connectivity index (χ4v) is 3.49. The van der Waals surface area contributed by atoms with Crippen molar-refractivity contribution in [2.24, 2.45) is 0 Å². The quantitative estimate of drug-likeness (QED) is 0.562. The van der Waals surface area contributed by atoms with E-state index in [9.17, 15) is 4.79 Å². The molecular formula is C23H23N3O2. The Balaban J connectivity index is 1.87. The zero-order chi connectivity index (χ0) is 19.7. The number of hydrogen-bond donors (Lipinski definition) is 1. The molecule has 0 aliphatic carbocycles. The molecule has 0 bridgehead atoms. The molecule has 0 saturated carbocycles. The summed E-state index contributed by atoms with van der Waals surface area (Å²) in [7, 11) is 0. The highest BCUT2D eigenvalue weighted by Gasteiger charge is 2.19. The van der Waals surface area contributed by atoms with Gasteiger partial charge < -0.3 is 9.73 Å². The average molecular weight is 373 g/mol. The van der Waals surface area contributed by atoms with Gasteiger partial charge in [0.25, 0.3) is 5.56 Å². The smallest absolute Gasteiger partial charge is 0.266 e. The Morgan fingerprint density at radius 1 is 1.11 bits per heavy atom. The monoisotopic (exact) mass is 373 g/mol. The van der Waals surface area contributed by atoms with Crippen molar-refractivity contribution in [3.63, 3.8) is 0 Å². The van der Waals surface area contributed by atoms with E-state index in [0.717, 1.165) is 22.6 Å². The summed E-state index contributed by atoms with van der Waals surface area (Å²) in [5.74, 6) is 1.52. The number of fused-ring (bicyclic) bond motifs is 1. The Hall–Kier alpha value is -3.18. The van der Waals surface area contributed by atoms with Crippen LogP contribution >= 0.6 is 0 Å². The molecule has 0 aliphatic heterocycles. The van der Waals surface area contributed by atoms with Crippen molar-refractivity contribution in [2.75, 3.05) is 0 Å². The van der Waals surface area contributed by atoms with Gasteiger partial charge in [-0.1, -0.05) is 29.8 Å². The predicted molar refractivity (Wildman–Crippen MR) is 111 cm³/mol. The number of nitrogens with one attached hydrogen (secondary N) is 1. The third kappa shape index (κ3) is 3.37. The standard InChI is InChI=1S/C23H23N3O2/c1-15-10-11-21(16(2)13-15)26-22(17(3)24-14-18-7-6-12-28-18)25-20-9-5-4-8-19(20)23(26)27/h4-13,17,24H,14H2,1-3H3/t17-/m1/s1. The number of nitrogens with zero attached hydrogens (tertiary/aromatic N) is 2. The molecule has 0 unspecified atom stereocenters. The fourth-order valence-electron chi connectivity index (χ4n) is 3.49. The molecule has 5 heteroatoms. The normalized spacial score (nSPS) is 12.4. The van der Waals surface area contributed by atoms with Gasteiger partial charge in [0.2, 0.25) is 0 Å². The molecule has 0 fully saturated rings. The minimum Gasteiger partial charge on any atom is -0.468 e. The molecule has 0 saturated heterocycles. The molecule has 142 valence electrons. The van der Waals surface area contributed by atoms with Crippen LogP contribution in [0.5, 0.6) is 0 Å². The first-order valence-corrected chi connectivity index (χ1v) is 9.39. The van der Waals surface area contributed by atoms with Crippen LogP contribution in [-0.2, 0) is 6.54 Å². The summed E-state index contributed by atoms with van der Waals surface area (Å²) in [6.45, 7) is 6.64. The molecule has 2 aromatic carbocycles. The summed E-state index contributed by atoms with van der Waals surface area (Å²) >= 11 is 0. The maximum Gasteiger partial charge on any atom is 0.266 e. The zero-order valence-electron chi connectivity index (χ0n) is 16.3. The van der Waals surface area contributed by atoms with Crippen molar-refractivity contribution in [1.82, 2.24) is 14.9 Å². The second-order valence-corrected chi connectivity index (χ2v) is 7.10. The summed E-state index contributed by atoms with van der Waals surface area (Å²) in [5, 5.41) is 4.03. The molecule has 0 spiro atoms. The number of aryl methyl sites for hydroxylation is 2. The highest BCUT2D eigenvalue weighted by atomic mass is 16.3. The van der Waals surface area contributed by atoms with Gasteiger partial charge in [-0.2, -0.15) is 0 Å². The zero-order valence-corrected chi connectivity index (χ0v) is 16.3. The molecule has 0 amide bonds. The van der Waals surface area contributed by atoms with Crippen LogP contribution in [0, 0.1) is 13.8 Å². The molecule has 28 heavy (non-hydrogen) atoms. The lowest BCUT2D eigenvalue weighted by molar-refractivity contribution is 0.450. The van der Waals surface area contributed by atoms with E-state index < -0.39 is 0 Å². The van der Waals surface area contributed by atoms with Crippen molar-refractivity contribution in [2.45, 2.75) is 33.4 Å². The molecule has 0 radical (unpaired) electrons. The molecule has 5 nitrogen and oxygen atoms in total. The van der Waals surface area contributed by atoms with Gasteiger partial charge in [0, 0.05) is 0 Å². The first-order chi connectivity index (χ1) is 13.5. The molecule has 0 aliphatic rings. The SMILES string of the molecule is Cc1ccc(-n2c([C@@H](C)NCc3ccco3)nc3ccccc3c2=O)c(C)c1. The van der Waals surface area contributed by atoms with E-state index in [4.69, 9.17) is 9.40 Å². The summed E-state index contributed by atoms with van der Waals surface area (Å²) in [6, 6.07) is 17.2. The van der Waals surface area contributed by atoms with Crippen LogP contribution in [0.25, 0.3) is 16.6 Å². The molecule has 2 aromatic heterocycles. The molecule has 4 rings (SSSR count). The first-order valence-electron chi connectivity index (χ1n) is 9.39. The third-order valence-electron chi connectivity index (χ3n) is 4.94. The van der Waals surface area contributed by atoms with E-state index in [0.29, 0.717) is 23.3 Å². The van der Waals surface area contributed by atoms with Crippen LogP contribution in [0.3, 0.4) is 0 Å². The van der Waals surface area contributed by atoms with E-state index in [-0.39, 0.29) is 11.6 Å². The maximum absolute atomic E-state index is 13.4. The van der Waals surface area contributed by atoms with Crippen molar-refractivity contribution in [3.8, 4) is 5.69 Å². The van der Waals surface area contributed by atoms with Gasteiger partial charge in [0.1, 0.15) is 11.6 Å². The number of furan rings is 1. The minimum absolute atomic E-state index is 0.0563. The van der Waals surface area contributed by atoms with Gasteiger partial charge in [0.15, 0.2) is 0 Å². The lowest BCUT2D eigenvalue weighted by atomic mass is 10.1. The first kappa shape index (κ1) is 18.2. The number of hydrogen-bond acceptors (Lipinski definition) is 4. The lowest BCUT2D eigenvalue weighted by Gasteiger charge is -2.20. The van der Waals surface area contributed by atoms with Gasteiger partial charge in [-0.25, -0.2) is 4.98 Å². The fraction of sp³-hybridized carbons (Fsp3) is 0.217. The van der Waals surface area contributed by atoms with Crippen molar-refractivity contribution in [1.29, 1.82) is 0 Å². The van der Waals surface area contributed by atoms with Crippen LogP contribution in [0.4, 0.5) is 0 Å². The number of aromatic nitrogens is 2. The Morgan fingerprint density at radius 2 is 1.93 bits per heavy atom.